The molecule has 3 saturated heterocycles. The van der Waals surface area contributed by atoms with Crippen LogP contribution in [0.2, 0.25) is 0 Å². The van der Waals surface area contributed by atoms with Crippen LogP contribution < -0.4 is 18.9 Å². The fraction of sp³-hybridized carbons (Fsp3) is 0.389. The maximum atomic E-state index is 13.5. The first-order valence-corrected chi connectivity index (χ1v) is 24.7. The van der Waals surface area contributed by atoms with Gasteiger partial charge in [0.05, 0.1) is 51.6 Å². The Morgan fingerprint density at radius 3 is 1.83 bits per heavy atom. The van der Waals surface area contributed by atoms with E-state index in [0.29, 0.717) is 5.56 Å². The standard InChI is InChI=1S/C54H58O27/c1-71-32-12-22(4-8-29(32)59)5-10-39(61)74-21-38-44(66)47(69)52(81-54-51(46(68)43(65)37(20-56)78-54)80-40(62)11-6-23-13-33(72-2)41(63)34(14-23)73-3)53(79-38)77-35-18-26-27(50-48(70)45(67)42(64)36(19-55)76-50)16-25(57)17-31(26)75-49(35)24-7-9-28(58)30(60)15-24/h4-18,36-38,42-48,50-56,64-70H,19-21H2,1-3H3,(H4-,57,58,59,60,61,62,63)/p+1/t36-,37-,38-,42-,43-,44-,45+,46+,47+,48-,50+,51-,52-,53-,54+/m1/s1. The number of ether oxygens (including phenoxy) is 10. The highest BCUT2D eigenvalue weighted by Gasteiger charge is 2.54. The van der Waals surface area contributed by atoms with Crippen molar-refractivity contribution in [1.82, 2.24) is 0 Å². The molecule has 27 heteroatoms. The molecular weight excluding hydrogens is 1080 g/mol. The monoisotopic (exact) mass is 1140 g/mol. The predicted molar refractivity (Wildman–Crippen MR) is 272 cm³/mol. The van der Waals surface area contributed by atoms with E-state index in [-0.39, 0.29) is 62.2 Å². The number of aromatic hydroxyl groups is 5. The highest BCUT2D eigenvalue weighted by molar-refractivity contribution is 5.89. The molecule has 15 atom stereocenters. The normalized spacial score (nSPS) is 28.7. The molecule has 27 nitrogen and oxygen atoms in total. The van der Waals surface area contributed by atoms with Gasteiger partial charge in [0.2, 0.25) is 17.8 Å². The van der Waals surface area contributed by atoms with E-state index in [2.05, 4.69) is 0 Å². The molecule has 3 aliphatic rings. The summed E-state index contributed by atoms with van der Waals surface area (Å²) in [6, 6.07) is 13.7. The van der Waals surface area contributed by atoms with Crippen LogP contribution in [0.4, 0.5) is 0 Å². The summed E-state index contributed by atoms with van der Waals surface area (Å²) in [6.07, 6.45) is -24.3. The molecule has 8 rings (SSSR count). The third kappa shape index (κ3) is 12.8. The Morgan fingerprint density at radius 2 is 1.16 bits per heavy atom. The van der Waals surface area contributed by atoms with Gasteiger partial charge in [0.25, 0.3) is 0 Å². The summed E-state index contributed by atoms with van der Waals surface area (Å²) in [4.78, 5) is 26.7. The van der Waals surface area contributed by atoms with Gasteiger partial charge in [-0.15, -0.1) is 0 Å². The van der Waals surface area contributed by atoms with E-state index in [1.54, 1.807) is 0 Å². The molecule has 5 aromatic rings. The van der Waals surface area contributed by atoms with Gasteiger partial charge in [0.1, 0.15) is 79.5 Å². The molecule has 3 aliphatic heterocycles. The largest absolute Gasteiger partial charge is 0.508 e. The van der Waals surface area contributed by atoms with Gasteiger partial charge in [0.15, 0.2) is 53.0 Å². The average Bonchev–Trinajstić information content (AvgIpc) is 3.66. The molecule has 0 bridgehead atoms. The molecule has 0 aliphatic carbocycles. The lowest BCUT2D eigenvalue weighted by Gasteiger charge is -2.46. The molecule has 14 N–H and O–H groups in total. The van der Waals surface area contributed by atoms with Gasteiger partial charge in [0, 0.05) is 29.8 Å². The van der Waals surface area contributed by atoms with E-state index in [1.807, 2.05) is 0 Å². The summed E-state index contributed by atoms with van der Waals surface area (Å²) in [7, 11) is 3.87. The number of carbonyl (C=O) groups is 2. The van der Waals surface area contributed by atoms with Crippen LogP contribution in [0.3, 0.4) is 0 Å². The van der Waals surface area contributed by atoms with Crippen molar-refractivity contribution in [3.8, 4) is 63.1 Å². The second-order valence-electron chi connectivity index (χ2n) is 18.7. The topological polar surface area (TPSA) is 421 Å². The number of hydrogen-bond acceptors (Lipinski definition) is 26. The van der Waals surface area contributed by atoms with Crippen LogP contribution in [0.5, 0.6) is 51.7 Å². The number of methoxy groups -OCH3 is 3. The number of esters is 2. The minimum atomic E-state index is -2.21. The van der Waals surface area contributed by atoms with Crippen LogP contribution in [-0.4, -0.2) is 210 Å². The van der Waals surface area contributed by atoms with Crippen LogP contribution in [0.25, 0.3) is 34.4 Å². The van der Waals surface area contributed by atoms with Crippen LogP contribution >= 0.6 is 0 Å². The first-order valence-electron chi connectivity index (χ1n) is 24.7. The number of fused-ring (bicyclic) bond motifs is 1. The third-order valence-electron chi connectivity index (χ3n) is 13.5. The van der Waals surface area contributed by atoms with Gasteiger partial charge >= 0.3 is 23.3 Å². The van der Waals surface area contributed by atoms with E-state index in [0.717, 1.165) is 36.4 Å². The highest BCUT2D eigenvalue weighted by atomic mass is 16.8. The Labute approximate surface area is 458 Å². The molecule has 81 heavy (non-hydrogen) atoms. The minimum Gasteiger partial charge on any atom is -0.508 e. The van der Waals surface area contributed by atoms with E-state index in [4.69, 9.17) is 51.8 Å². The fourth-order valence-corrected chi connectivity index (χ4v) is 9.15. The van der Waals surface area contributed by atoms with Crippen molar-refractivity contribution in [1.29, 1.82) is 0 Å². The van der Waals surface area contributed by atoms with Crippen molar-refractivity contribution in [2.75, 3.05) is 41.2 Å². The summed E-state index contributed by atoms with van der Waals surface area (Å²) >= 11 is 0. The Kier molecular flexibility index (Phi) is 18.7. The molecule has 0 saturated carbocycles. The van der Waals surface area contributed by atoms with E-state index in [1.165, 1.54) is 75.9 Å². The first kappa shape index (κ1) is 59.5. The van der Waals surface area contributed by atoms with Crippen molar-refractivity contribution < 1.29 is 133 Å². The van der Waals surface area contributed by atoms with Gasteiger partial charge in [-0.25, -0.2) is 14.0 Å². The molecule has 1 aromatic heterocycles. The Hall–Kier alpha value is -7.61. The zero-order valence-electron chi connectivity index (χ0n) is 43.0. The number of phenols is 5. The number of phenolic OH excluding ortho intramolecular Hbond substituents is 5. The van der Waals surface area contributed by atoms with Crippen LogP contribution in [-0.2, 0) is 38.0 Å². The summed E-state index contributed by atoms with van der Waals surface area (Å²) in [5, 5.41) is 151. The highest BCUT2D eigenvalue weighted by Crippen LogP contribution is 2.45. The second kappa shape index (κ2) is 25.5. The molecule has 0 amide bonds. The molecule has 0 radical (unpaired) electrons. The van der Waals surface area contributed by atoms with Gasteiger partial charge in [-0.3, -0.25) is 0 Å². The molecule has 4 heterocycles. The Morgan fingerprint density at radius 1 is 0.568 bits per heavy atom. The number of hydrogen-bond donors (Lipinski definition) is 14. The average molecular weight is 1140 g/mol. The van der Waals surface area contributed by atoms with Crippen molar-refractivity contribution in [2.45, 2.75) is 91.9 Å². The predicted octanol–water partition coefficient (Wildman–Crippen LogP) is -0.0189. The van der Waals surface area contributed by atoms with Crippen LogP contribution in [0, 0.1) is 0 Å². The Balaban J connectivity index is 1.19. The summed E-state index contributed by atoms with van der Waals surface area (Å²) in [5.41, 5.74) is 0.256. The quantitative estimate of drug-likeness (QED) is 0.0237. The fourth-order valence-electron chi connectivity index (χ4n) is 9.15. The minimum absolute atomic E-state index is 0.0271. The smallest absolute Gasteiger partial charge is 0.402 e. The summed E-state index contributed by atoms with van der Waals surface area (Å²) in [6.45, 7) is -2.62. The SMILES string of the molecule is COc1cc(C=CC(=O)OC[C@H]2O[C@@H](Oc3cc4c([C@@H]5O[C@H](CO)[C@@H](O)[C@H](O)[C@H]5O)cc(O)cc4[o+]c3-c3ccc(O)c(O)c3)[C@H](O[C@@H]3O[C@H](CO)[C@@H](O)[C@H](O)[C@H]3OC(=O)C=Cc3cc(OC)c(O)c(OC)c3)[C@@H](O)[C@@H]2O)ccc1O. The van der Waals surface area contributed by atoms with Gasteiger partial charge in [-0.05, 0) is 65.7 Å². The molecular formula is C54H59O27+. The number of aliphatic hydroxyl groups excluding tert-OH is 9. The van der Waals surface area contributed by atoms with Crippen LogP contribution in [0.1, 0.15) is 22.8 Å². The van der Waals surface area contributed by atoms with Crippen LogP contribution in [0.15, 0.2) is 83.3 Å². The van der Waals surface area contributed by atoms with Crippen molar-refractivity contribution in [3.63, 3.8) is 0 Å². The van der Waals surface area contributed by atoms with Crippen molar-refractivity contribution in [2.24, 2.45) is 0 Å². The molecule has 3 fully saturated rings. The van der Waals surface area contributed by atoms with E-state index < -0.39 is 147 Å². The van der Waals surface area contributed by atoms with Crippen molar-refractivity contribution >= 4 is 35.1 Å². The zero-order chi connectivity index (χ0) is 58.6. The number of benzene rings is 4. The number of carbonyl (C=O) groups excluding carboxylic acids is 2. The molecule has 0 unspecified atom stereocenters. The molecule has 0 spiro atoms. The molecule has 436 valence electrons. The second-order valence-corrected chi connectivity index (χ2v) is 18.7. The Bertz CT molecular complexity index is 3080. The first-order chi connectivity index (χ1) is 38.7. The number of rotatable bonds is 18. The maximum absolute atomic E-state index is 13.5. The lowest BCUT2D eigenvalue weighted by molar-refractivity contribution is -0.358. The summed E-state index contributed by atoms with van der Waals surface area (Å²) in [5.74, 6) is -5.21. The van der Waals surface area contributed by atoms with Gasteiger partial charge < -0.3 is 119 Å². The van der Waals surface area contributed by atoms with E-state index in [9.17, 15) is 81.1 Å². The van der Waals surface area contributed by atoms with Gasteiger partial charge in [-0.1, -0.05) is 6.07 Å². The molecule has 4 aromatic carbocycles. The van der Waals surface area contributed by atoms with Gasteiger partial charge in [-0.2, -0.15) is 0 Å². The summed E-state index contributed by atoms with van der Waals surface area (Å²) < 4.78 is 63.3. The number of aliphatic hydroxyl groups is 9. The lowest BCUT2D eigenvalue weighted by Crippen LogP contribution is -2.65. The maximum Gasteiger partial charge on any atom is 0.402 e. The zero-order valence-corrected chi connectivity index (χ0v) is 43.0. The van der Waals surface area contributed by atoms with E-state index >= 15 is 0 Å². The lowest BCUT2D eigenvalue weighted by atomic mass is 9.89. The third-order valence-corrected chi connectivity index (χ3v) is 13.5. The van der Waals surface area contributed by atoms with Crippen molar-refractivity contribution in [3.05, 3.63) is 95.6 Å².